The molecule has 0 saturated carbocycles. The predicted octanol–water partition coefficient (Wildman–Crippen LogP) is 3.78. The molecule has 0 aliphatic carbocycles. The van der Waals surface area contributed by atoms with Gasteiger partial charge in [-0.05, 0) is 38.1 Å². The molecule has 0 saturated heterocycles. The minimum absolute atomic E-state index is 0.0814. The maximum atomic E-state index is 5.64. The first-order valence-electron chi connectivity index (χ1n) is 7.01. The second-order valence-electron chi connectivity index (χ2n) is 5.00. The van der Waals surface area contributed by atoms with Crippen LogP contribution in [0.3, 0.4) is 0 Å². The molecular formula is C17H23NO2. The molecule has 2 aromatic rings. The lowest BCUT2D eigenvalue weighted by Gasteiger charge is -2.21. The van der Waals surface area contributed by atoms with Crippen LogP contribution in [0.25, 0.3) is 0 Å². The Morgan fingerprint density at radius 2 is 1.95 bits per heavy atom. The Morgan fingerprint density at radius 1 is 1.20 bits per heavy atom. The van der Waals surface area contributed by atoms with Crippen molar-refractivity contribution < 1.29 is 9.15 Å². The van der Waals surface area contributed by atoms with Gasteiger partial charge in [-0.1, -0.05) is 19.1 Å². The third-order valence-corrected chi connectivity index (χ3v) is 3.92. The fourth-order valence-corrected chi connectivity index (χ4v) is 2.68. The fourth-order valence-electron chi connectivity index (χ4n) is 2.68. The lowest BCUT2D eigenvalue weighted by atomic mass is 9.94. The maximum absolute atomic E-state index is 5.64. The van der Waals surface area contributed by atoms with Gasteiger partial charge >= 0.3 is 0 Å². The summed E-state index contributed by atoms with van der Waals surface area (Å²) in [4.78, 5) is 0. The Labute approximate surface area is 121 Å². The van der Waals surface area contributed by atoms with Crippen LogP contribution in [0.15, 0.2) is 28.9 Å². The number of hydrogen-bond donors (Lipinski definition) is 1. The quantitative estimate of drug-likeness (QED) is 0.900. The molecule has 20 heavy (non-hydrogen) atoms. The van der Waals surface area contributed by atoms with Gasteiger partial charge < -0.3 is 14.5 Å². The number of aryl methyl sites for hydroxylation is 2. The van der Waals surface area contributed by atoms with Crippen LogP contribution >= 0.6 is 0 Å². The molecule has 0 amide bonds. The largest absolute Gasteiger partial charge is 0.496 e. The van der Waals surface area contributed by atoms with Gasteiger partial charge in [-0.3, -0.25) is 0 Å². The van der Waals surface area contributed by atoms with E-state index in [1.165, 1.54) is 16.7 Å². The molecule has 1 aromatic heterocycles. The summed E-state index contributed by atoms with van der Waals surface area (Å²) in [5, 5.41) is 3.38. The SMILES string of the molecule is CCc1occc1C(NC)c1ccc(C)c(C)c1OC. The highest BCUT2D eigenvalue weighted by molar-refractivity contribution is 5.49. The van der Waals surface area contributed by atoms with Crippen molar-refractivity contribution in [1.82, 2.24) is 5.32 Å². The summed E-state index contributed by atoms with van der Waals surface area (Å²) in [5.41, 5.74) is 4.75. The van der Waals surface area contributed by atoms with Crippen LogP contribution in [0, 0.1) is 13.8 Å². The lowest BCUT2D eigenvalue weighted by Crippen LogP contribution is -2.19. The molecular weight excluding hydrogens is 250 g/mol. The Morgan fingerprint density at radius 3 is 2.55 bits per heavy atom. The molecule has 2 rings (SSSR count). The van der Waals surface area contributed by atoms with Crippen LogP contribution in [0.5, 0.6) is 5.75 Å². The van der Waals surface area contributed by atoms with Crippen LogP contribution in [0.4, 0.5) is 0 Å². The highest BCUT2D eigenvalue weighted by atomic mass is 16.5. The van der Waals surface area contributed by atoms with E-state index in [1.54, 1.807) is 13.4 Å². The topological polar surface area (TPSA) is 34.4 Å². The zero-order chi connectivity index (χ0) is 14.7. The van der Waals surface area contributed by atoms with E-state index >= 15 is 0 Å². The predicted molar refractivity (Wildman–Crippen MR) is 81.5 cm³/mol. The summed E-state index contributed by atoms with van der Waals surface area (Å²) in [6.45, 7) is 6.30. The van der Waals surface area contributed by atoms with Gasteiger partial charge in [0.05, 0.1) is 19.4 Å². The summed E-state index contributed by atoms with van der Waals surface area (Å²) >= 11 is 0. The fraction of sp³-hybridized carbons (Fsp3) is 0.412. The van der Waals surface area contributed by atoms with Crippen molar-refractivity contribution in [2.45, 2.75) is 33.2 Å². The Bertz CT molecular complexity index is 587. The van der Waals surface area contributed by atoms with Gasteiger partial charge in [0, 0.05) is 17.5 Å². The van der Waals surface area contributed by atoms with Crippen molar-refractivity contribution in [3.8, 4) is 5.75 Å². The second kappa shape index (κ2) is 6.14. The summed E-state index contributed by atoms with van der Waals surface area (Å²) < 4.78 is 11.2. The van der Waals surface area contributed by atoms with E-state index in [-0.39, 0.29) is 6.04 Å². The first-order valence-corrected chi connectivity index (χ1v) is 7.01. The van der Waals surface area contributed by atoms with Crippen molar-refractivity contribution in [2.24, 2.45) is 0 Å². The number of nitrogens with one attached hydrogen (secondary N) is 1. The van der Waals surface area contributed by atoms with Crippen molar-refractivity contribution in [3.63, 3.8) is 0 Å². The van der Waals surface area contributed by atoms with E-state index in [0.717, 1.165) is 23.5 Å². The molecule has 1 aromatic carbocycles. The van der Waals surface area contributed by atoms with Gasteiger partial charge in [-0.25, -0.2) is 0 Å². The number of methoxy groups -OCH3 is 1. The maximum Gasteiger partial charge on any atom is 0.127 e. The molecule has 0 radical (unpaired) electrons. The lowest BCUT2D eigenvalue weighted by molar-refractivity contribution is 0.401. The highest BCUT2D eigenvalue weighted by Crippen LogP contribution is 2.35. The van der Waals surface area contributed by atoms with Gasteiger partial charge in [-0.2, -0.15) is 0 Å². The van der Waals surface area contributed by atoms with Gasteiger partial charge in [0.25, 0.3) is 0 Å². The van der Waals surface area contributed by atoms with E-state index in [0.29, 0.717) is 0 Å². The monoisotopic (exact) mass is 273 g/mol. The molecule has 3 heteroatoms. The molecule has 1 heterocycles. The molecule has 0 aliphatic heterocycles. The molecule has 108 valence electrons. The minimum atomic E-state index is 0.0814. The molecule has 0 spiro atoms. The summed E-state index contributed by atoms with van der Waals surface area (Å²) in [6.07, 6.45) is 2.64. The number of ether oxygens (including phenoxy) is 1. The Kier molecular flexibility index (Phi) is 4.50. The van der Waals surface area contributed by atoms with Crippen molar-refractivity contribution >= 4 is 0 Å². The van der Waals surface area contributed by atoms with E-state index in [2.05, 4.69) is 38.2 Å². The molecule has 1 unspecified atom stereocenters. The van der Waals surface area contributed by atoms with Crippen LogP contribution in [-0.4, -0.2) is 14.2 Å². The number of hydrogen-bond acceptors (Lipinski definition) is 3. The standard InChI is InChI=1S/C17H23NO2/c1-6-15-13(9-10-20-15)16(18-4)14-8-7-11(2)12(3)17(14)19-5/h7-10,16,18H,6H2,1-5H3. The smallest absolute Gasteiger partial charge is 0.127 e. The van der Waals surface area contributed by atoms with Crippen LogP contribution in [0.2, 0.25) is 0 Å². The van der Waals surface area contributed by atoms with E-state index < -0.39 is 0 Å². The second-order valence-corrected chi connectivity index (χ2v) is 5.00. The zero-order valence-corrected chi connectivity index (χ0v) is 12.9. The summed E-state index contributed by atoms with van der Waals surface area (Å²) in [6, 6.07) is 6.39. The number of furan rings is 1. The minimum Gasteiger partial charge on any atom is -0.496 e. The summed E-state index contributed by atoms with van der Waals surface area (Å²) in [5.74, 6) is 1.97. The van der Waals surface area contributed by atoms with Crippen molar-refractivity contribution in [1.29, 1.82) is 0 Å². The van der Waals surface area contributed by atoms with E-state index in [1.807, 2.05) is 13.1 Å². The molecule has 0 aliphatic rings. The first-order chi connectivity index (χ1) is 9.63. The average molecular weight is 273 g/mol. The summed E-state index contributed by atoms with van der Waals surface area (Å²) in [7, 11) is 3.69. The highest BCUT2D eigenvalue weighted by Gasteiger charge is 2.22. The zero-order valence-electron chi connectivity index (χ0n) is 12.9. The first kappa shape index (κ1) is 14.7. The molecule has 0 bridgehead atoms. The van der Waals surface area contributed by atoms with Gasteiger partial charge in [0.1, 0.15) is 11.5 Å². The van der Waals surface area contributed by atoms with Crippen LogP contribution < -0.4 is 10.1 Å². The van der Waals surface area contributed by atoms with Gasteiger partial charge in [0.15, 0.2) is 0 Å². The molecule has 0 fully saturated rings. The number of rotatable bonds is 5. The van der Waals surface area contributed by atoms with Crippen molar-refractivity contribution in [3.05, 3.63) is 52.5 Å². The molecule has 1 atom stereocenters. The van der Waals surface area contributed by atoms with Gasteiger partial charge in [-0.15, -0.1) is 0 Å². The molecule has 3 nitrogen and oxygen atoms in total. The molecule has 1 N–H and O–H groups in total. The Hall–Kier alpha value is -1.74. The van der Waals surface area contributed by atoms with E-state index in [9.17, 15) is 0 Å². The third kappa shape index (κ3) is 2.46. The van der Waals surface area contributed by atoms with Crippen LogP contribution in [0.1, 0.15) is 41.0 Å². The van der Waals surface area contributed by atoms with E-state index in [4.69, 9.17) is 9.15 Å². The number of benzene rings is 1. The van der Waals surface area contributed by atoms with Gasteiger partial charge in [0.2, 0.25) is 0 Å². The normalized spacial score (nSPS) is 12.4. The van der Waals surface area contributed by atoms with Crippen molar-refractivity contribution in [2.75, 3.05) is 14.2 Å². The van der Waals surface area contributed by atoms with Crippen LogP contribution in [-0.2, 0) is 6.42 Å². The average Bonchev–Trinajstić information content (AvgIpc) is 2.92. The Balaban J connectivity index is 2.55. The third-order valence-electron chi connectivity index (χ3n) is 3.92.